The molecule has 0 saturated heterocycles. The molecule has 1 rings (SSSR count). The van der Waals surface area contributed by atoms with Crippen molar-refractivity contribution in [3.05, 3.63) is 28.0 Å². The van der Waals surface area contributed by atoms with Crippen LogP contribution in [0.15, 0.2) is 16.6 Å². The van der Waals surface area contributed by atoms with Crippen LogP contribution in [0.25, 0.3) is 0 Å². The van der Waals surface area contributed by atoms with Gasteiger partial charge in [0.1, 0.15) is 5.82 Å². The molecule has 0 bridgehead atoms. The molecule has 68 valence electrons. The maximum atomic E-state index is 13.0. The Morgan fingerprint density at radius 2 is 2.08 bits per heavy atom. The van der Waals surface area contributed by atoms with E-state index in [4.69, 9.17) is 10.0 Å². The Morgan fingerprint density at radius 1 is 1.46 bits per heavy atom. The van der Waals surface area contributed by atoms with Gasteiger partial charge in [0.25, 0.3) is 0 Å². The van der Waals surface area contributed by atoms with E-state index in [2.05, 4.69) is 15.9 Å². The van der Waals surface area contributed by atoms with Crippen LogP contribution in [0, 0.1) is 5.82 Å². The summed E-state index contributed by atoms with van der Waals surface area (Å²) in [6.07, 6.45) is 0.311. The summed E-state index contributed by atoms with van der Waals surface area (Å²) in [7, 11) is -1.71. The molecule has 1 aromatic rings. The van der Waals surface area contributed by atoms with E-state index < -0.39 is 12.9 Å². The molecule has 0 aliphatic carbocycles. The fraction of sp³-hybridized carbons (Fsp3) is 0. The zero-order chi connectivity index (χ0) is 10.0. The van der Waals surface area contributed by atoms with Crippen LogP contribution in [0.4, 0.5) is 4.39 Å². The Kier molecular flexibility index (Phi) is 3.19. The normalized spacial score (nSPS) is 9.85. The highest BCUT2D eigenvalue weighted by molar-refractivity contribution is 9.10. The van der Waals surface area contributed by atoms with E-state index in [1.165, 1.54) is 6.07 Å². The summed E-state index contributed by atoms with van der Waals surface area (Å²) in [6.45, 7) is 0. The van der Waals surface area contributed by atoms with Gasteiger partial charge in [-0.05, 0) is 33.5 Å². The van der Waals surface area contributed by atoms with Gasteiger partial charge >= 0.3 is 7.12 Å². The number of carbonyl (C=O) groups is 1. The van der Waals surface area contributed by atoms with Crippen molar-refractivity contribution in [1.29, 1.82) is 0 Å². The fourth-order valence-corrected chi connectivity index (χ4v) is 1.36. The second-order valence-corrected chi connectivity index (χ2v) is 3.25. The molecule has 0 amide bonds. The van der Waals surface area contributed by atoms with Crippen molar-refractivity contribution >= 4 is 34.8 Å². The van der Waals surface area contributed by atoms with Gasteiger partial charge in [0.15, 0.2) is 6.29 Å². The van der Waals surface area contributed by atoms with Crippen LogP contribution in [-0.2, 0) is 0 Å². The third-order valence-corrected chi connectivity index (χ3v) is 2.08. The van der Waals surface area contributed by atoms with Gasteiger partial charge < -0.3 is 10.0 Å². The highest BCUT2D eigenvalue weighted by Crippen LogP contribution is 2.16. The SMILES string of the molecule is O=Cc1cc(B(O)O)cc(Br)c1F. The minimum Gasteiger partial charge on any atom is -0.423 e. The van der Waals surface area contributed by atoms with Crippen molar-refractivity contribution in [3.8, 4) is 0 Å². The van der Waals surface area contributed by atoms with Gasteiger partial charge in [-0.2, -0.15) is 0 Å². The fourth-order valence-electron chi connectivity index (χ4n) is 0.867. The monoisotopic (exact) mass is 246 g/mol. The van der Waals surface area contributed by atoms with Crippen LogP contribution in [0.5, 0.6) is 0 Å². The smallest absolute Gasteiger partial charge is 0.423 e. The molecule has 0 aliphatic rings. The maximum Gasteiger partial charge on any atom is 0.488 e. The first-order chi connectivity index (χ1) is 6.06. The van der Waals surface area contributed by atoms with Crippen molar-refractivity contribution in [2.75, 3.05) is 0 Å². The van der Waals surface area contributed by atoms with E-state index in [1.807, 2.05) is 0 Å². The first-order valence-corrected chi connectivity index (χ1v) is 4.16. The van der Waals surface area contributed by atoms with Crippen LogP contribution in [0.3, 0.4) is 0 Å². The van der Waals surface area contributed by atoms with Gasteiger partial charge in [-0.25, -0.2) is 4.39 Å². The summed E-state index contributed by atoms with van der Waals surface area (Å²) in [6, 6.07) is 2.28. The molecule has 2 N–H and O–H groups in total. The van der Waals surface area contributed by atoms with Gasteiger partial charge in [0.05, 0.1) is 10.0 Å². The number of carbonyl (C=O) groups excluding carboxylic acids is 1. The molecule has 0 radical (unpaired) electrons. The standard InChI is InChI=1S/C7H5BBrFO3/c9-6-2-5(8(12)13)1-4(3-11)7(6)10/h1-3,12-13H. The largest absolute Gasteiger partial charge is 0.488 e. The molecular weight excluding hydrogens is 242 g/mol. The Balaban J connectivity index is 3.30. The van der Waals surface area contributed by atoms with Crippen LogP contribution in [0.1, 0.15) is 10.4 Å². The predicted molar refractivity (Wildman–Crippen MR) is 49.3 cm³/mol. The Morgan fingerprint density at radius 3 is 2.54 bits per heavy atom. The van der Waals surface area contributed by atoms with Crippen molar-refractivity contribution in [2.24, 2.45) is 0 Å². The first kappa shape index (κ1) is 10.4. The molecule has 0 aromatic heterocycles. The summed E-state index contributed by atoms with van der Waals surface area (Å²) in [4.78, 5) is 10.3. The zero-order valence-electron chi connectivity index (χ0n) is 6.37. The van der Waals surface area contributed by atoms with Crippen LogP contribution in [0.2, 0.25) is 0 Å². The predicted octanol–water partition coefficient (Wildman–Crippen LogP) is 0.0805. The highest BCUT2D eigenvalue weighted by Gasteiger charge is 2.16. The first-order valence-electron chi connectivity index (χ1n) is 3.36. The lowest BCUT2D eigenvalue weighted by atomic mass is 9.79. The third kappa shape index (κ3) is 2.15. The molecule has 3 nitrogen and oxygen atoms in total. The minimum atomic E-state index is -1.71. The Labute approximate surface area is 82.5 Å². The third-order valence-electron chi connectivity index (χ3n) is 1.50. The quantitative estimate of drug-likeness (QED) is 0.574. The van der Waals surface area contributed by atoms with Crippen LogP contribution < -0.4 is 5.46 Å². The lowest BCUT2D eigenvalue weighted by Gasteiger charge is -2.03. The Bertz CT molecular complexity index is 343. The van der Waals surface area contributed by atoms with Gasteiger partial charge in [0.2, 0.25) is 0 Å². The number of hydrogen-bond donors (Lipinski definition) is 2. The lowest BCUT2D eigenvalue weighted by molar-refractivity contribution is 0.112. The second-order valence-electron chi connectivity index (χ2n) is 2.40. The van der Waals surface area contributed by atoms with Crippen molar-refractivity contribution < 1.29 is 19.2 Å². The van der Waals surface area contributed by atoms with Crippen molar-refractivity contribution in [1.82, 2.24) is 0 Å². The Hall–Kier alpha value is -0.715. The molecule has 13 heavy (non-hydrogen) atoms. The van der Waals surface area contributed by atoms with Gasteiger partial charge in [-0.3, -0.25) is 4.79 Å². The average Bonchev–Trinajstić information content (AvgIpc) is 2.09. The van der Waals surface area contributed by atoms with Crippen molar-refractivity contribution in [3.63, 3.8) is 0 Å². The molecule has 0 aliphatic heterocycles. The number of aldehydes is 1. The minimum absolute atomic E-state index is 0.0280. The summed E-state index contributed by atoms with van der Waals surface area (Å²) in [5, 5.41) is 17.5. The molecule has 6 heteroatoms. The molecule has 0 heterocycles. The molecular formula is C7H5BBrFO3. The van der Waals surface area contributed by atoms with Crippen molar-refractivity contribution in [2.45, 2.75) is 0 Å². The van der Waals surface area contributed by atoms with E-state index in [0.29, 0.717) is 6.29 Å². The van der Waals surface area contributed by atoms with E-state index in [-0.39, 0.29) is 15.5 Å². The zero-order valence-corrected chi connectivity index (χ0v) is 7.95. The number of halogens is 2. The summed E-state index contributed by atoms with van der Waals surface area (Å²) < 4.78 is 13.0. The molecule has 0 spiro atoms. The molecule has 0 fully saturated rings. The number of hydrogen-bond acceptors (Lipinski definition) is 3. The lowest BCUT2D eigenvalue weighted by Crippen LogP contribution is -2.30. The summed E-state index contributed by atoms with van der Waals surface area (Å²) in [5.74, 6) is -0.709. The van der Waals surface area contributed by atoms with Crippen LogP contribution in [-0.4, -0.2) is 23.5 Å². The topological polar surface area (TPSA) is 57.5 Å². The second kappa shape index (κ2) is 4.00. The van der Waals surface area contributed by atoms with Gasteiger partial charge in [-0.15, -0.1) is 0 Å². The molecule has 0 saturated carbocycles. The van der Waals surface area contributed by atoms with E-state index in [9.17, 15) is 9.18 Å². The van der Waals surface area contributed by atoms with E-state index in [0.717, 1.165) is 6.07 Å². The van der Waals surface area contributed by atoms with Gasteiger partial charge in [0, 0.05) is 0 Å². The van der Waals surface area contributed by atoms with E-state index in [1.54, 1.807) is 0 Å². The van der Waals surface area contributed by atoms with Crippen LogP contribution >= 0.6 is 15.9 Å². The maximum absolute atomic E-state index is 13.0. The average molecular weight is 247 g/mol. The molecule has 1 aromatic carbocycles. The molecule has 0 atom stereocenters. The van der Waals surface area contributed by atoms with Gasteiger partial charge in [-0.1, -0.05) is 0 Å². The number of benzene rings is 1. The summed E-state index contributed by atoms with van der Waals surface area (Å²) >= 11 is 2.85. The number of rotatable bonds is 2. The molecule has 0 unspecified atom stereocenters. The highest BCUT2D eigenvalue weighted by atomic mass is 79.9. The summed E-state index contributed by atoms with van der Waals surface area (Å²) in [5.41, 5.74) is -0.146. The van der Waals surface area contributed by atoms with E-state index >= 15 is 0 Å².